The van der Waals surface area contributed by atoms with Crippen LogP contribution in [0.4, 0.5) is 0 Å². The molecule has 0 bridgehead atoms. The Labute approximate surface area is 211 Å². The third kappa shape index (κ3) is 5.26. The Morgan fingerprint density at radius 1 is 1.03 bits per heavy atom. The zero-order chi connectivity index (χ0) is 26.0. The molecule has 2 aromatic rings. The van der Waals surface area contributed by atoms with Crippen molar-refractivity contribution in [3.8, 4) is 11.5 Å². The van der Waals surface area contributed by atoms with Crippen LogP contribution >= 0.6 is 0 Å². The third-order valence-corrected chi connectivity index (χ3v) is 7.22. The number of likely N-dealkylation sites (tertiary alicyclic amines) is 1. The first-order valence-corrected chi connectivity index (χ1v) is 12.3. The number of aromatic nitrogens is 1. The number of carbonyl (C=O) groups is 2. The van der Waals surface area contributed by atoms with Crippen LogP contribution in [0.5, 0.6) is 11.5 Å². The molecule has 1 saturated heterocycles. The minimum absolute atomic E-state index is 0.0150. The summed E-state index contributed by atoms with van der Waals surface area (Å²) in [5, 5.41) is 0. The topological polar surface area (TPSA) is 90.3 Å². The summed E-state index contributed by atoms with van der Waals surface area (Å²) in [4.78, 5) is 41.7. The number of ether oxygens (including phenoxy) is 3. The maximum atomic E-state index is 13.1. The fraction of sp³-hybridized carbons (Fsp3) is 0.519. The second-order valence-electron chi connectivity index (χ2n) is 9.74. The quantitative estimate of drug-likeness (QED) is 0.542. The highest BCUT2D eigenvalue weighted by Crippen LogP contribution is 2.27. The Morgan fingerprint density at radius 3 is 2.47 bits per heavy atom. The van der Waals surface area contributed by atoms with Crippen molar-refractivity contribution in [1.29, 1.82) is 0 Å². The van der Waals surface area contributed by atoms with Crippen LogP contribution in [0.1, 0.15) is 39.2 Å². The van der Waals surface area contributed by atoms with Crippen LogP contribution in [-0.4, -0.2) is 73.8 Å². The van der Waals surface area contributed by atoms with Crippen molar-refractivity contribution in [3.05, 3.63) is 56.5 Å². The zero-order valence-corrected chi connectivity index (χ0v) is 21.8. The van der Waals surface area contributed by atoms with Gasteiger partial charge in [0.25, 0.3) is 5.56 Å². The summed E-state index contributed by atoms with van der Waals surface area (Å²) in [6, 6.07) is 5.58. The molecule has 0 unspecified atom stereocenters. The largest absolute Gasteiger partial charge is 0.496 e. The number of rotatable bonds is 7. The van der Waals surface area contributed by atoms with Crippen molar-refractivity contribution in [3.63, 3.8) is 0 Å². The lowest BCUT2D eigenvalue weighted by molar-refractivity contribution is -0.126. The van der Waals surface area contributed by atoms with Crippen molar-refractivity contribution in [2.45, 2.75) is 39.8 Å². The van der Waals surface area contributed by atoms with Crippen molar-refractivity contribution >= 4 is 11.9 Å². The Hall–Kier alpha value is -3.33. The van der Waals surface area contributed by atoms with Crippen LogP contribution in [0.15, 0.2) is 23.0 Å². The smallest absolute Gasteiger partial charge is 0.343 e. The maximum Gasteiger partial charge on any atom is 0.343 e. The Balaban J connectivity index is 1.57. The number of hydrogen-bond acceptors (Lipinski definition) is 7. The average Bonchev–Trinajstić information content (AvgIpc) is 3.03. The van der Waals surface area contributed by atoms with Crippen LogP contribution in [0.3, 0.4) is 0 Å². The molecule has 1 aromatic heterocycles. The van der Waals surface area contributed by atoms with E-state index in [1.807, 2.05) is 6.92 Å². The minimum atomic E-state index is -0.525. The number of amides is 1. The molecule has 0 radical (unpaired) electrons. The standard InChI is InChI=1S/C27H35N3O6/c1-17-11-22(34-4)18(2)10-20(17)15-29-7-6-21-26(27(33)35-5)23(13-25(32)30(21)9-8-29)36-16-19-12-24(31)28(3)14-19/h10-11,13,19H,6-9,12,14-16H2,1-5H3/t19-/m1/s1. The van der Waals surface area contributed by atoms with Crippen LogP contribution in [0.2, 0.25) is 0 Å². The molecule has 1 atom stereocenters. The van der Waals surface area contributed by atoms with Gasteiger partial charge in [-0.2, -0.15) is 0 Å². The lowest BCUT2D eigenvalue weighted by atomic mass is 10.0. The predicted molar refractivity (Wildman–Crippen MR) is 135 cm³/mol. The SMILES string of the molecule is COC(=O)c1c(OC[C@@H]2CC(=O)N(C)C2)cc(=O)n2c1CCN(Cc1cc(C)c(OC)cc1C)CC2. The molecule has 0 N–H and O–H groups in total. The monoisotopic (exact) mass is 497 g/mol. The van der Waals surface area contributed by atoms with E-state index in [-0.39, 0.29) is 29.7 Å². The van der Waals surface area contributed by atoms with Crippen molar-refractivity contribution < 1.29 is 23.8 Å². The molecule has 9 nitrogen and oxygen atoms in total. The minimum Gasteiger partial charge on any atom is -0.496 e. The molecule has 1 fully saturated rings. The number of hydrogen-bond donors (Lipinski definition) is 0. The first-order valence-electron chi connectivity index (χ1n) is 12.3. The maximum absolute atomic E-state index is 13.1. The summed E-state index contributed by atoms with van der Waals surface area (Å²) >= 11 is 0. The van der Waals surface area contributed by atoms with Gasteiger partial charge in [-0.3, -0.25) is 14.5 Å². The van der Waals surface area contributed by atoms with Crippen molar-refractivity contribution in [2.24, 2.45) is 5.92 Å². The van der Waals surface area contributed by atoms with Crippen molar-refractivity contribution in [2.75, 3.05) is 47.5 Å². The molecule has 1 amide bonds. The number of esters is 1. The number of aryl methyl sites for hydroxylation is 2. The highest BCUT2D eigenvalue weighted by Gasteiger charge is 2.30. The first kappa shape index (κ1) is 25.8. The molecule has 0 spiro atoms. The fourth-order valence-electron chi connectivity index (χ4n) is 5.14. The van der Waals surface area contributed by atoms with Gasteiger partial charge < -0.3 is 23.7 Å². The summed E-state index contributed by atoms with van der Waals surface area (Å²) in [6.45, 7) is 7.51. The van der Waals surface area contributed by atoms with Gasteiger partial charge in [0.05, 0.1) is 20.8 Å². The van der Waals surface area contributed by atoms with E-state index in [4.69, 9.17) is 14.2 Å². The van der Waals surface area contributed by atoms with Crippen LogP contribution in [0, 0.1) is 19.8 Å². The molecule has 194 valence electrons. The van der Waals surface area contributed by atoms with Gasteiger partial charge in [-0.05, 0) is 36.6 Å². The van der Waals surface area contributed by atoms with Gasteiger partial charge in [0, 0.05) is 70.3 Å². The highest BCUT2D eigenvalue weighted by molar-refractivity contribution is 5.93. The molecule has 0 aliphatic carbocycles. The molecule has 2 aliphatic heterocycles. The van der Waals surface area contributed by atoms with Crippen LogP contribution in [-0.2, 0) is 29.0 Å². The molecule has 2 aliphatic rings. The Morgan fingerprint density at radius 2 is 1.81 bits per heavy atom. The van der Waals surface area contributed by atoms with E-state index in [1.54, 1.807) is 23.6 Å². The lowest BCUT2D eigenvalue weighted by Gasteiger charge is -2.21. The van der Waals surface area contributed by atoms with Gasteiger partial charge in [0.2, 0.25) is 5.91 Å². The van der Waals surface area contributed by atoms with E-state index in [0.29, 0.717) is 50.3 Å². The third-order valence-electron chi connectivity index (χ3n) is 7.22. The van der Waals surface area contributed by atoms with Crippen molar-refractivity contribution in [1.82, 2.24) is 14.4 Å². The van der Waals surface area contributed by atoms with Crippen LogP contribution in [0.25, 0.3) is 0 Å². The van der Waals surface area contributed by atoms with Gasteiger partial charge in [-0.15, -0.1) is 0 Å². The first-order chi connectivity index (χ1) is 17.2. The molecular weight excluding hydrogens is 462 g/mol. The van der Waals surface area contributed by atoms with Crippen LogP contribution < -0.4 is 15.0 Å². The van der Waals surface area contributed by atoms with E-state index in [1.165, 1.54) is 18.7 Å². The molecule has 4 rings (SSSR count). The van der Waals surface area contributed by atoms with Gasteiger partial charge in [0.1, 0.15) is 17.1 Å². The highest BCUT2D eigenvalue weighted by atomic mass is 16.5. The van der Waals surface area contributed by atoms with Gasteiger partial charge in [0.15, 0.2) is 0 Å². The van der Waals surface area contributed by atoms with Gasteiger partial charge in [-0.25, -0.2) is 4.79 Å². The fourth-order valence-corrected chi connectivity index (χ4v) is 5.14. The molecule has 36 heavy (non-hydrogen) atoms. The summed E-state index contributed by atoms with van der Waals surface area (Å²) < 4.78 is 18.2. The van der Waals surface area contributed by atoms with E-state index in [2.05, 4.69) is 24.0 Å². The molecule has 0 saturated carbocycles. The van der Waals surface area contributed by atoms with Gasteiger partial charge >= 0.3 is 5.97 Å². The van der Waals surface area contributed by atoms with E-state index >= 15 is 0 Å². The number of benzene rings is 1. The number of fused-ring (bicyclic) bond motifs is 1. The van der Waals surface area contributed by atoms with E-state index in [9.17, 15) is 14.4 Å². The summed E-state index contributed by atoms with van der Waals surface area (Å²) in [5.74, 6) is 0.663. The summed E-state index contributed by atoms with van der Waals surface area (Å²) in [5.41, 5.74) is 4.17. The number of nitrogens with zero attached hydrogens (tertiary/aromatic N) is 3. The summed E-state index contributed by atoms with van der Waals surface area (Å²) in [6.07, 6.45) is 0.906. The predicted octanol–water partition coefficient (Wildman–Crippen LogP) is 2.18. The number of methoxy groups -OCH3 is 2. The zero-order valence-electron chi connectivity index (χ0n) is 21.8. The summed E-state index contributed by atoms with van der Waals surface area (Å²) in [7, 11) is 4.77. The van der Waals surface area contributed by atoms with Gasteiger partial charge in [-0.1, -0.05) is 6.07 Å². The molecule has 1 aromatic carbocycles. The second-order valence-corrected chi connectivity index (χ2v) is 9.74. The van der Waals surface area contributed by atoms with E-state index < -0.39 is 5.97 Å². The van der Waals surface area contributed by atoms with E-state index in [0.717, 1.165) is 23.4 Å². The average molecular weight is 498 g/mol. The normalized spacial score (nSPS) is 18.1. The lowest BCUT2D eigenvalue weighted by Crippen LogP contribution is -2.29. The second kappa shape index (κ2) is 10.7. The Kier molecular flexibility index (Phi) is 7.68. The number of carbonyl (C=O) groups excluding carboxylic acids is 2. The molecule has 9 heteroatoms. The molecule has 3 heterocycles. The number of pyridine rings is 1. The molecular formula is C27H35N3O6. The Bertz CT molecular complexity index is 1220.